The highest BCUT2D eigenvalue weighted by atomic mass is 19.4. The first-order chi connectivity index (χ1) is 10.6. The number of benzene rings is 2. The molecular formula is C16H9F6N. The highest BCUT2D eigenvalue weighted by Crippen LogP contribution is 2.35. The Balaban J connectivity index is 2.50. The average Bonchev–Trinajstić information content (AvgIpc) is 2.45. The van der Waals surface area contributed by atoms with Crippen molar-refractivity contribution in [3.05, 3.63) is 59.2 Å². The van der Waals surface area contributed by atoms with Gasteiger partial charge in [-0.15, -0.1) is 0 Å². The van der Waals surface area contributed by atoms with Gasteiger partial charge in [-0.05, 0) is 41.0 Å². The molecule has 0 saturated heterocycles. The molecule has 23 heavy (non-hydrogen) atoms. The van der Waals surface area contributed by atoms with Crippen molar-refractivity contribution in [1.29, 1.82) is 5.26 Å². The van der Waals surface area contributed by atoms with Crippen molar-refractivity contribution < 1.29 is 26.3 Å². The Morgan fingerprint density at radius 2 is 1.30 bits per heavy atom. The quantitative estimate of drug-likeness (QED) is 0.671. The number of alkyl halides is 6. The first-order valence-electron chi connectivity index (χ1n) is 6.37. The van der Waals surface area contributed by atoms with Crippen LogP contribution in [0.2, 0.25) is 0 Å². The molecule has 0 atom stereocenters. The zero-order valence-corrected chi connectivity index (χ0v) is 11.5. The summed E-state index contributed by atoms with van der Waals surface area (Å²) in [6.07, 6.45) is -9.35. The SMILES string of the molecule is N#CCc1cc(-c2ccc(C(F)(F)F)cc2)cc(C(F)(F)F)c1. The number of hydrogen-bond donors (Lipinski definition) is 0. The Kier molecular flexibility index (Phi) is 4.37. The molecule has 7 heteroatoms. The maximum Gasteiger partial charge on any atom is 0.416 e. The van der Waals surface area contributed by atoms with Crippen LogP contribution in [0.1, 0.15) is 16.7 Å². The fourth-order valence-corrected chi connectivity index (χ4v) is 2.07. The zero-order chi connectivity index (χ0) is 17.3. The molecule has 0 saturated carbocycles. The number of nitriles is 1. The van der Waals surface area contributed by atoms with E-state index in [2.05, 4.69) is 0 Å². The summed E-state index contributed by atoms with van der Waals surface area (Å²) in [4.78, 5) is 0. The third-order valence-corrected chi connectivity index (χ3v) is 3.15. The molecule has 2 aromatic rings. The molecule has 0 unspecified atom stereocenters. The smallest absolute Gasteiger partial charge is 0.198 e. The molecule has 0 radical (unpaired) electrons. The maximum atomic E-state index is 12.9. The third kappa shape index (κ3) is 4.03. The van der Waals surface area contributed by atoms with Gasteiger partial charge in [0.05, 0.1) is 23.6 Å². The van der Waals surface area contributed by atoms with Gasteiger partial charge in [0.2, 0.25) is 0 Å². The molecule has 1 nitrogen and oxygen atoms in total. The third-order valence-electron chi connectivity index (χ3n) is 3.15. The van der Waals surface area contributed by atoms with E-state index in [4.69, 9.17) is 5.26 Å². The minimum absolute atomic E-state index is 0.110. The van der Waals surface area contributed by atoms with Crippen LogP contribution in [-0.2, 0) is 18.8 Å². The van der Waals surface area contributed by atoms with E-state index in [9.17, 15) is 26.3 Å². The van der Waals surface area contributed by atoms with Crippen molar-refractivity contribution in [2.24, 2.45) is 0 Å². The van der Waals surface area contributed by atoms with E-state index >= 15 is 0 Å². The van der Waals surface area contributed by atoms with E-state index < -0.39 is 23.5 Å². The van der Waals surface area contributed by atoms with Crippen molar-refractivity contribution in [2.45, 2.75) is 18.8 Å². The monoisotopic (exact) mass is 329 g/mol. The van der Waals surface area contributed by atoms with E-state index in [-0.39, 0.29) is 23.1 Å². The number of nitrogens with zero attached hydrogens (tertiary/aromatic N) is 1. The highest BCUT2D eigenvalue weighted by molar-refractivity contribution is 5.66. The normalized spacial score (nSPS) is 12.0. The molecule has 0 heterocycles. The molecule has 0 aromatic heterocycles. The van der Waals surface area contributed by atoms with Crippen LogP contribution >= 0.6 is 0 Å². The number of hydrogen-bond acceptors (Lipinski definition) is 1. The van der Waals surface area contributed by atoms with Crippen molar-refractivity contribution in [3.8, 4) is 17.2 Å². The van der Waals surface area contributed by atoms with Gasteiger partial charge < -0.3 is 0 Å². The minimum Gasteiger partial charge on any atom is -0.198 e. The summed E-state index contributed by atoms with van der Waals surface area (Å²) in [6, 6.07) is 8.65. The Morgan fingerprint density at radius 3 is 1.78 bits per heavy atom. The number of rotatable bonds is 2. The molecule has 2 rings (SSSR count). The lowest BCUT2D eigenvalue weighted by Crippen LogP contribution is -2.06. The van der Waals surface area contributed by atoms with Gasteiger partial charge in [-0.1, -0.05) is 18.2 Å². The molecule has 0 N–H and O–H groups in total. The molecule has 0 spiro atoms. The fraction of sp³-hybridized carbons (Fsp3) is 0.188. The Labute approximate surface area is 127 Å². The van der Waals surface area contributed by atoms with Gasteiger partial charge >= 0.3 is 12.4 Å². The fourth-order valence-electron chi connectivity index (χ4n) is 2.07. The molecule has 2 aromatic carbocycles. The van der Waals surface area contributed by atoms with E-state index in [1.807, 2.05) is 0 Å². The first-order valence-corrected chi connectivity index (χ1v) is 6.37. The van der Waals surface area contributed by atoms with Crippen LogP contribution in [0.15, 0.2) is 42.5 Å². The lowest BCUT2D eigenvalue weighted by Gasteiger charge is -2.12. The van der Waals surface area contributed by atoms with E-state index in [0.29, 0.717) is 0 Å². The Hall–Kier alpha value is -2.49. The summed E-state index contributed by atoms with van der Waals surface area (Å²) in [7, 11) is 0. The lowest BCUT2D eigenvalue weighted by atomic mass is 9.97. The van der Waals surface area contributed by atoms with Crippen molar-refractivity contribution in [2.75, 3.05) is 0 Å². The molecule has 0 aliphatic rings. The summed E-state index contributed by atoms with van der Waals surface area (Å²) in [5, 5.41) is 8.64. The van der Waals surface area contributed by atoms with Crippen molar-refractivity contribution >= 4 is 0 Å². The summed E-state index contributed by atoms with van der Waals surface area (Å²) >= 11 is 0. The molecule has 0 aliphatic heterocycles. The van der Waals surface area contributed by atoms with Gasteiger partial charge in [-0.3, -0.25) is 0 Å². The van der Waals surface area contributed by atoms with Crippen LogP contribution < -0.4 is 0 Å². The average molecular weight is 329 g/mol. The van der Waals surface area contributed by atoms with Gasteiger partial charge in [0.15, 0.2) is 0 Å². The van der Waals surface area contributed by atoms with Crippen molar-refractivity contribution in [3.63, 3.8) is 0 Å². The molecule has 0 bridgehead atoms. The van der Waals surface area contributed by atoms with E-state index in [1.54, 1.807) is 6.07 Å². The van der Waals surface area contributed by atoms with E-state index in [0.717, 1.165) is 36.4 Å². The summed E-state index contributed by atoms with van der Waals surface area (Å²) in [6.45, 7) is 0. The largest absolute Gasteiger partial charge is 0.416 e. The summed E-state index contributed by atoms with van der Waals surface area (Å²) < 4.78 is 76.2. The van der Waals surface area contributed by atoms with Crippen LogP contribution in [0.4, 0.5) is 26.3 Å². The summed E-state index contributed by atoms with van der Waals surface area (Å²) in [5.41, 5.74) is -1.36. The van der Waals surface area contributed by atoms with Gasteiger partial charge in [0.1, 0.15) is 0 Å². The Morgan fingerprint density at radius 1 is 0.739 bits per heavy atom. The van der Waals surface area contributed by atoms with Gasteiger partial charge in [0.25, 0.3) is 0 Å². The molecule has 120 valence electrons. The highest BCUT2D eigenvalue weighted by Gasteiger charge is 2.32. The Bertz CT molecular complexity index is 735. The van der Waals surface area contributed by atoms with Crippen molar-refractivity contribution in [1.82, 2.24) is 0 Å². The molecule has 0 fully saturated rings. The first kappa shape index (κ1) is 16.9. The van der Waals surface area contributed by atoms with Crippen LogP contribution in [0.25, 0.3) is 11.1 Å². The van der Waals surface area contributed by atoms with Crippen LogP contribution in [0, 0.1) is 11.3 Å². The maximum absolute atomic E-state index is 12.9. The van der Waals surface area contributed by atoms with Crippen LogP contribution in [-0.4, -0.2) is 0 Å². The lowest BCUT2D eigenvalue weighted by molar-refractivity contribution is -0.138. The second-order valence-corrected chi connectivity index (χ2v) is 4.83. The van der Waals surface area contributed by atoms with Crippen LogP contribution in [0.3, 0.4) is 0 Å². The van der Waals surface area contributed by atoms with Crippen LogP contribution in [0.5, 0.6) is 0 Å². The van der Waals surface area contributed by atoms with Gasteiger partial charge in [0, 0.05) is 0 Å². The van der Waals surface area contributed by atoms with Gasteiger partial charge in [-0.2, -0.15) is 31.6 Å². The topological polar surface area (TPSA) is 23.8 Å². The predicted octanol–water partition coefficient (Wildman–Crippen LogP) is 5.46. The molecular weight excluding hydrogens is 320 g/mol. The number of halogens is 6. The van der Waals surface area contributed by atoms with Gasteiger partial charge in [-0.25, -0.2) is 0 Å². The second kappa shape index (κ2) is 5.95. The molecule has 0 aliphatic carbocycles. The minimum atomic E-state index is -4.61. The second-order valence-electron chi connectivity index (χ2n) is 4.83. The standard InChI is InChI=1S/C16H9F6N/c17-15(18,19)13-3-1-11(2-4-13)12-7-10(5-6-23)8-14(9-12)16(20,21)22/h1-4,7-9H,5H2. The summed E-state index contributed by atoms with van der Waals surface area (Å²) in [5.74, 6) is 0. The predicted molar refractivity (Wildman–Crippen MR) is 71.2 cm³/mol. The van der Waals surface area contributed by atoms with E-state index in [1.165, 1.54) is 6.07 Å². The molecule has 0 amide bonds. The zero-order valence-electron chi connectivity index (χ0n) is 11.5.